The first kappa shape index (κ1) is 14.6. The van der Waals surface area contributed by atoms with Gasteiger partial charge in [-0.2, -0.15) is 0 Å². The van der Waals surface area contributed by atoms with Crippen LogP contribution < -0.4 is 10.6 Å². The molecule has 0 saturated heterocycles. The van der Waals surface area contributed by atoms with Gasteiger partial charge >= 0.3 is 0 Å². The van der Waals surface area contributed by atoms with Crippen LogP contribution in [0.4, 0.5) is 5.95 Å². The van der Waals surface area contributed by atoms with Crippen LogP contribution in [0.5, 0.6) is 0 Å². The lowest BCUT2D eigenvalue weighted by Crippen LogP contribution is -2.25. The van der Waals surface area contributed by atoms with Gasteiger partial charge in [-0.3, -0.25) is 4.79 Å². The van der Waals surface area contributed by atoms with Gasteiger partial charge in [-0.15, -0.1) is 0 Å². The number of hydrogen-bond acceptors (Lipinski definition) is 5. The maximum absolute atomic E-state index is 12.2. The van der Waals surface area contributed by atoms with E-state index in [4.69, 9.17) is 4.42 Å². The molecule has 1 aliphatic carbocycles. The molecule has 0 aromatic carbocycles. The average molecular weight is 300 g/mol. The van der Waals surface area contributed by atoms with Crippen LogP contribution >= 0.6 is 0 Å². The zero-order valence-corrected chi connectivity index (χ0v) is 12.6. The normalized spacial score (nSPS) is 15.0. The molecule has 116 valence electrons. The van der Waals surface area contributed by atoms with E-state index in [1.54, 1.807) is 18.4 Å². The van der Waals surface area contributed by atoms with Crippen LogP contribution in [0.3, 0.4) is 0 Å². The Bertz CT molecular complexity index is 634. The molecule has 1 amide bonds. The van der Waals surface area contributed by atoms with E-state index >= 15 is 0 Å². The van der Waals surface area contributed by atoms with Crippen LogP contribution in [0.15, 0.2) is 28.9 Å². The number of carbonyl (C=O) groups excluding carboxylic acids is 1. The minimum absolute atomic E-state index is 0.226. The van der Waals surface area contributed by atoms with E-state index in [-0.39, 0.29) is 5.91 Å². The smallest absolute Gasteiger partial charge is 0.270 e. The number of aryl methyl sites for hydroxylation is 1. The maximum atomic E-state index is 12.2. The molecule has 2 N–H and O–H groups in total. The van der Waals surface area contributed by atoms with Gasteiger partial charge in [0.1, 0.15) is 11.5 Å². The maximum Gasteiger partial charge on any atom is 0.270 e. The fourth-order valence-electron chi connectivity index (χ4n) is 2.67. The lowest BCUT2D eigenvalue weighted by molar-refractivity contribution is 0.0943. The number of anilines is 1. The molecular weight excluding hydrogens is 280 g/mol. The summed E-state index contributed by atoms with van der Waals surface area (Å²) in [5.74, 6) is 1.02. The molecule has 0 bridgehead atoms. The van der Waals surface area contributed by atoms with Crippen molar-refractivity contribution in [1.29, 1.82) is 0 Å². The Morgan fingerprint density at radius 3 is 2.91 bits per heavy atom. The standard InChI is InChI=1S/C16H20N4O2/c1-11-9-14(15(21)17-10-13-7-4-8-22-13)20-16(18-11)19-12-5-2-3-6-12/h4,7-9,12H,2-3,5-6,10H2,1H3,(H,17,21)(H,18,19,20). The number of amides is 1. The predicted octanol–water partition coefficient (Wildman–Crippen LogP) is 2.66. The second-order valence-corrected chi connectivity index (χ2v) is 5.61. The summed E-state index contributed by atoms with van der Waals surface area (Å²) in [7, 11) is 0. The van der Waals surface area contributed by atoms with Crippen molar-refractivity contribution in [3.05, 3.63) is 41.6 Å². The highest BCUT2D eigenvalue weighted by Crippen LogP contribution is 2.21. The van der Waals surface area contributed by atoms with Crippen LogP contribution in [0, 0.1) is 6.92 Å². The van der Waals surface area contributed by atoms with E-state index in [9.17, 15) is 4.79 Å². The van der Waals surface area contributed by atoms with Gasteiger partial charge in [0.25, 0.3) is 5.91 Å². The molecule has 0 spiro atoms. The van der Waals surface area contributed by atoms with Crippen LogP contribution in [-0.4, -0.2) is 21.9 Å². The largest absolute Gasteiger partial charge is 0.467 e. The molecule has 1 aliphatic rings. The number of furan rings is 1. The molecular formula is C16H20N4O2. The zero-order chi connectivity index (χ0) is 15.4. The topological polar surface area (TPSA) is 80.0 Å². The quantitative estimate of drug-likeness (QED) is 0.887. The summed E-state index contributed by atoms with van der Waals surface area (Å²) >= 11 is 0. The van der Waals surface area contributed by atoms with Gasteiger partial charge in [0.15, 0.2) is 0 Å². The van der Waals surface area contributed by atoms with Crippen LogP contribution in [0.25, 0.3) is 0 Å². The van der Waals surface area contributed by atoms with Crippen molar-refractivity contribution in [2.45, 2.75) is 45.2 Å². The number of aromatic nitrogens is 2. The van der Waals surface area contributed by atoms with Gasteiger partial charge < -0.3 is 15.1 Å². The van der Waals surface area contributed by atoms with Crippen molar-refractivity contribution in [2.24, 2.45) is 0 Å². The third-order valence-electron chi connectivity index (χ3n) is 3.78. The molecule has 6 nitrogen and oxygen atoms in total. The molecule has 2 aromatic heterocycles. The lowest BCUT2D eigenvalue weighted by atomic mass is 10.2. The number of hydrogen-bond donors (Lipinski definition) is 2. The highest BCUT2D eigenvalue weighted by atomic mass is 16.3. The van der Waals surface area contributed by atoms with E-state index in [0.29, 0.717) is 30.0 Å². The van der Waals surface area contributed by atoms with Crippen LogP contribution in [0.2, 0.25) is 0 Å². The van der Waals surface area contributed by atoms with Gasteiger partial charge in [-0.1, -0.05) is 12.8 Å². The molecule has 6 heteroatoms. The summed E-state index contributed by atoms with van der Waals surface area (Å²) < 4.78 is 5.20. The first-order valence-electron chi connectivity index (χ1n) is 7.63. The Morgan fingerprint density at radius 1 is 1.36 bits per heavy atom. The summed E-state index contributed by atoms with van der Waals surface area (Å²) in [5, 5.41) is 6.12. The Morgan fingerprint density at radius 2 is 2.18 bits per heavy atom. The third kappa shape index (κ3) is 3.63. The Labute approximate surface area is 129 Å². The van der Waals surface area contributed by atoms with E-state index in [1.807, 2.05) is 13.0 Å². The number of nitrogens with one attached hydrogen (secondary N) is 2. The van der Waals surface area contributed by atoms with Gasteiger partial charge in [-0.05, 0) is 38.0 Å². The van der Waals surface area contributed by atoms with Crippen LogP contribution in [0.1, 0.15) is 47.6 Å². The molecule has 0 aliphatic heterocycles. The fourth-order valence-corrected chi connectivity index (χ4v) is 2.67. The van der Waals surface area contributed by atoms with E-state index in [1.165, 1.54) is 12.8 Å². The average Bonchev–Trinajstić information content (AvgIpc) is 3.17. The molecule has 0 unspecified atom stereocenters. The number of carbonyl (C=O) groups is 1. The van der Waals surface area contributed by atoms with E-state index in [2.05, 4.69) is 20.6 Å². The SMILES string of the molecule is Cc1cc(C(=O)NCc2ccco2)nc(NC2CCCC2)n1. The van der Waals surface area contributed by atoms with Crippen molar-refractivity contribution in [1.82, 2.24) is 15.3 Å². The minimum atomic E-state index is -0.226. The lowest BCUT2D eigenvalue weighted by Gasteiger charge is -2.13. The molecule has 1 saturated carbocycles. The molecule has 1 fully saturated rings. The Balaban J connectivity index is 1.66. The molecule has 0 atom stereocenters. The summed E-state index contributed by atoms with van der Waals surface area (Å²) in [6, 6.07) is 5.72. The minimum Gasteiger partial charge on any atom is -0.467 e. The van der Waals surface area contributed by atoms with Crippen molar-refractivity contribution >= 4 is 11.9 Å². The van der Waals surface area contributed by atoms with Crippen LogP contribution in [-0.2, 0) is 6.54 Å². The van der Waals surface area contributed by atoms with Gasteiger partial charge in [0, 0.05) is 11.7 Å². The van der Waals surface area contributed by atoms with E-state index < -0.39 is 0 Å². The Kier molecular flexibility index (Phi) is 4.37. The molecule has 3 rings (SSSR count). The second kappa shape index (κ2) is 6.60. The Hall–Kier alpha value is -2.37. The van der Waals surface area contributed by atoms with Crippen molar-refractivity contribution in [2.75, 3.05) is 5.32 Å². The monoisotopic (exact) mass is 300 g/mol. The predicted molar refractivity (Wildman–Crippen MR) is 82.5 cm³/mol. The molecule has 0 radical (unpaired) electrons. The molecule has 2 heterocycles. The second-order valence-electron chi connectivity index (χ2n) is 5.61. The number of rotatable bonds is 5. The van der Waals surface area contributed by atoms with Gasteiger partial charge in [0.2, 0.25) is 5.95 Å². The van der Waals surface area contributed by atoms with Gasteiger partial charge in [-0.25, -0.2) is 9.97 Å². The first-order valence-corrected chi connectivity index (χ1v) is 7.63. The summed E-state index contributed by atoms with van der Waals surface area (Å²) in [6.07, 6.45) is 6.33. The first-order chi connectivity index (χ1) is 10.7. The summed E-state index contributed by atoms with van der Waals surface area (Å²) in [6.45, 7) is 2.21. The fraction of sp³-hybridized carbons (Fsp3) is 0.438. The summed E-state index contributed by atoms with van der Waals surface area (Å²) in [4.78, 5) is 20.9. The third-order valence-corrected chi connectivity index (χ3v) is 3.78. The zero-order valence-electron chi connectivity index (χ0n) is 12.6. The number of nitrogens with zero attached hydrogens (tertiary/aromatic N) is 2. The van der Waals surface area contributed by atoms with E-state index in [0.717, 1.165) is 18.5 Å². The highest BCUT2D eigenvalue weighted by molar-refractivity contribution is 5.92. The highest BCUT2D eigenvalue weighted by Gasteiger charge is 2.17. The summed E-state index contributed by atoms with van der Waals surface area (Å²) in [5.41, 5.74) is 1.15. The molecule has 2 aromatic rings. The van der Waals surface area contributed by atoms with Crippen molar-refractivity contribution in [3.8, 4) is 0 Å². The van der Waals surface area contributed by atoms with Crippen molar-refractivity contribution in [3.63, 3.8) is 0 Å². The van der Waals surface area contributed by atoms with Crippen molar-refractivity contribution < 1.29 is 9.21 Å². The van der Waals surface area contributed by atoms with Gasteiger partial charge in [0.05, 0.1) is 12.8 Å². The molecule has 22 heavy (non-hydrogen) atoms.